The van der Waals surface area contributed by atoms with Gasteiger partial charge in [0.1, 0.15) is 23.9 Å². The van der Waals surface area contributed by atoms with E-state index < -0.39 is 0 Å². The number of ether oxygens (including phenoxy) is 3. The van der Waals surface area contributed by atoms with E-state index >= 15 is 0 Å². The number of benzene rings is 1. The summed E-state index contributed by atoms with van der Waals surface area (Å²) in [6.45, 7) is 2.55. The Kier molecular flexibility index (Phi) is 4.82. The zero-order valence-electron chi connectivity index (χ0n) is 14.3. The molecule has 0 spiro atoms. The average Bonchev–Trinajstić information content (AvgIpc) is 3.11. The van der Waals surface area contributed by atoms with Gasteiger partial charge in [0.25, 0.3) is 5.91 Å². The first-order valence-electron chi connectivity index (χ1n) is 8.67. The molecule has 1 saturated heterocycles. The highest BCUT2D eigenvalue weighted by molar-refractivity contribution is 7.12. The molecule has 1 aromatic carbocycles. The lowest BCUT2D eigenvalue weighted by Gasteiger charge is -2.38. The highest BCUT2D eigenvalue weighted by Gasteiger charge is 2.36. The van der Waals surface area contributed by atoms with Gasteiger partial charge in [-0.15, -0.1) is 11.3 Å². The first-order valence-corrected chi connectivity index (χ1v) is 9.55. The molecule has 2 aliphatic heterocycles. The summed E-state index contributed by atoms with van der Waals surface area (Å²) < 4.78 is 30.3. The first-order chi connectivity index (χ1) is 12.7. The Hall–Kier alpha value is -2.12. The Bertz CT molecular complexity index is 801. The van der Waals surface area contributed by atoms with Gasteiger partial charge in [-0.1, -0.05) is 12.1 Å². The van der Waals surface area contributed by atoms with E-state index in [4.69, 9.17) is 14.2 Å². The fraction of sp³-hybridized carbons (Fsp3) is 0.421. The van der Waals surface area contributed by atoms with Crippen LogP contribution in [0.4, 0.5) is 4.39 Å². The molecule has 0 aliphatic carbocycles. The molecule has 0 bridgehead atoms. The summed E-state index contributed by atoms with van der Waals surface area (Å²) in [5.41, 5.74) is 0.568. The van der Waals surface area contributed by atoms with Crippen LogP contribution in [-0.4, -0.2) is 38.9 Å². The molecule has 138 valence electrons. The summed E-state index contributed by atoms with van der Waals surface area (Å²) >= 11 is 1.31. The molecule has 3 heterocycles. The van der Waals surface area contributed by atoms with Gasteiger partial charge in [-0.3, -0.25) is 4.79 Å². The number of rotatable bonds is 4. The number of fused-ring (bicyclic) bond motifs is 1. The van der Waals surface area contributed by atoms with Crippen LogP contribution in [0, 0.1) is 5.82 Å². The number of halogens is 1. The number of thiophene rings is 1. The lowest BCUT2D eigenvalue weighted by atomic mass is 9.74. The van der Waals surface area contributed by atoms with Crippen LogP contribution in [0.2, 0.25) is 0 Å². The highest BCUT2D eigenvalue weighted by atomic mass is 32.1. The van der Waals surface area contributed by atoms with Gasteiger partial charge >= 0.3 is 0 Å². The molecule has 0 unspecified atom stereocenters. The average molecular weight is 377 g/mol. The van der Waals surface area contributed by atoms with Crippen LogP contribution < -0.4 is 14.8 Å². The van der Waals surface area contributed by atoms with Crippen molar-refractivity contribution in [2.45, 2.75) is 18.3 Å². The van der Waals surface area contributed by atoms with Gasteiger partial charge in [-0.05, 0) is 30.5 Å². The minimum atomic E-state index is -0.329. The summed E-state index contributed by atoms with van der Waals surface area (Å²) in [6, 6.07) is 6.63. The monoisotopic (exact) mass is 377 g/mol. The smallest absolute Gasteiger partial charge is 0.265 e. The molecule has 0 saturated carbocycles. The van der Waals surface area contributed by atoms with Crippen molar-refractivity contribution in [3.8, 4) is 11.5 Å². The van der Waals surface area contributed by atoms with Crippen molar-refractivity contribution in [2.75, 3.05) is 33.0 Å². The number of hydrogen-bond acceptors (Lipinski definition) is 5. The third kappa shape index (κ3) is 3.29. The number of nitrogens with one attached hydrogen (secondary N) is 1. The summed E-state index contributed by atoms with van der Waals surface area (Å²) in [5, 5.41) is 4.81. The number of hydrogen-bond donors (Lipinski definition) is 1. The maximum absolute atomic E-state index is 13.8. The van der Waals surface area contributed by atoms with Gasteiger partial charge < -0.3 is 19.5 Å². The largest absolute Gasteiger partial charge is 0.485 e. The van der Waals surface area contributed by atoms with E-state index in [0.717, 1.165) is 18.4 Å². The molecule has 0 atom stereocenters. The van der Waals surface area contributed by atoms with Crippen LogP contribution in [-0.2, 0) is 10.2 Å². The molecular formula is C19H20FNO4S. The molecule has 1 fully saturated rings. The van der Waals surface area contributed by atoms with Gasteiger partial charge in [0, 0.05) is 30.6 Å². The topological polar surface area (TPSA) is 56.8 Å². The Morgan fingerprint density at radius 2 is 2.00 bits per heavy atom. The predicted octanol–water partition coefficient (Wildman–Crippen LogP) is 3.14. The molecule has 1 N–H and O–H groups in total. The minimum Gasteiger partial charge on any atom is -0.485 e. The second-order valence-electron chi connectivity index (χ2n) is 6.54. The van der Waals surface area contributed by atoms with Crippen LogP contribution in [0.25, 0.3) is 0 Å². The molecule has 26 heavy (non-hydrogen) atoms. The molecule has 2 aromatic rings. The summed E-state index contributed by atoms with van der Waals surface area (Å²) in [6.07, 6.45) is 1.47. The third-order valence-electron chi connectivity index (χ3n) is 4.98. The van der Waals surface area contributed by atoms with Gasteiger partial charge in [0.2, 0.25) is 0 Å². The molecule has 1 amide bonds. The van der Waals surface area contributed by atoms with Crippen LogP contribution in [0.15, 0.2) is 29.6 Å². The number of carbonyl (C=O) groups is 1. The summed E-state index contributed by atoms with van der Waals surface area (Å²) in [4.78, 5) is 13.2. The first kappa shape index (κ1) is 17.3. The molecule has 1 aromatic heterocycles. The normalized spacial score (nSPS) is 18.3. The van der Waals surface area contributed by atoms with Crippen molar-refractivity contribution < 1.29 is 23.4 Å². The Labute approximate surface area is 155 Å². The van der Waals surface area contributed by atoms with Crippen molar-refractivity contribution >= 4 is 17.2 Å². The molecule has 2 aliphatic rings. The van der Waals surface area contributed by atoms with Crippen molar-refractivity contribution in [3.05, 3.63) is 45.9 Å². The lowest BCUT2D eigenvalue weighted by Crippen LogP contribution is -2.44. The van der Waals surface area contributed by atoms with E-state index in [9.17, 15) is 9.18 Å². The molecule has 0 radical (unpaired) electrons. The van der Waals surface area contributed by atoms with Crippen LogP contribution in [0.1, 0.15) is 28.1 Å². The van der Waals surface area contributed by atoms with Crippen molar-refractivity contribution in [1.82, 2.24) is 5.32 Å². The second kappa shape index (κ2) is 7.25. The number of amides is 1. The molecule has 4 rings (SSSR count). The number of carbonyl (C=O) groups excluding carboxylic acids is 1. The SMILES string of the molecule is O=C(NCC1(c2cccc(F)c2)CCOCC1)c1scc2c1OCCO2. The van der Waals surface area contributed by atoms with E-state index in [1.165, 1.54) is 17.4 Å². The molecular weight excluding hydrogens is 357 g/mol. The summed E-state index contributed by atoms with van der Waals surface area (Å²) in [5.74, 6) is 0.685. The Balaban J connectivity index is 1.53. The van der Waals surface area contributed by atoms with E-state index in [2.05, 4.69) is 5.32 Å². The lowest BCUT2D eigenvalue weighted by molar-refractivity contribution is 0.0486. The van der Waals surface area contributed by atoms with E-state index in [1.54, 1.807) is 17.5 Å². The fourth-order valence-corrected chi connectivity index (χ4v) is 4.34. The molecule has 5 nitrogen and oxygen atoms in total. The second-order valence-corrected chi connectivity index (χ2v) is 7.42. The minimum absolute atomic E-state index is 0.191. The van der Waals surface area contributed by atoms with Crippen LogP contribution in [0.5, 0.6) is 11.5 Å². The van der Waals surface area contributed by atoms with E-state index in [-0.39, 0.29) is 17.1 Å². The Morgan fingerprint density at radius 1 is 1.19 bits per heavy atom. The third-order valence-corrected chi connectivity index (χ3v) is 5.92. The van der Waals surface area contributed by atoms with Crippen LogP contribution >= 0.6 is 11.3 Å². The zero-order chi connectivity index (χ0) is 18.0. The quantitative estimate of drug-likeness (QED) is 0.889. The fourth-order valence-electron chi connectivity index (χ4n) is 3.50. The van der Waals surface area contributed by atoms with Crippen LogP contribution in [0.3, 0.4) is 0 Å². The molecule has 7 heteroatoms. The standard InChI is InChI=1S/C19H20FNO4S/c20-14-3-1-2-13(10-14)19(4-6-23-7-5-19)12-21-18(22)17-16-15(11-26-17)24-8-9-25-16/h1-3,10-11H,4-9,12H2,(H,21,22). The van der Waals surface area contributed by atoms with E-state index in [1.807, 2.05) is 6.07 Å². The van der Waals surface area contributed by atoms with Crippen molar-refractivity contribution in [1.29, 1.82) is 0 Å². The zero-order valence-corrected chi connectivity index (χ0v) is 15.1. The predicted molar refractivity (Wildman–Crippen MR) is 95.8 cm³/mol. The summed E-state index contributed by atoms with van der Waals surface area (Å²) in [7, 11) is 0. The van der Waals surface area contributed by atoms with Crippen molar-refractivity contribution in [2.24, 2.45) is 0 Å². The highest BCUT2D eigenvalue weighted by Crippen LogP contribution is 2.40. The Morgan fingerprint density at radius 3 is 2.81 bits per heavy atom. The maximum atomic E-state index is 13.8. The van der Waals surface area contributed by atoms with Crippen molar-refractivity contribution in [3.63, 3.8) is 0 Å². The van der Waals surface area contributed by atoms with Gasteiger partial charge in [-0.2, -0.15) is 0 Å². The van der Waals surface area contributed by atoms with E-state index in [0.29, 0.717) is 49.3 Å². The maximum Gasteiger partial charge on any atom is 0.265 e. The van der Waals surface area contributed by atoms with Gasteiger partial charge in [0.15, 0.2) is 11.5 Å². The van der Waals surface area contributed by atoms with Gasteiger partial charge in [0.05, 0.1) is 0 Å². The van der Waals surface area contributed by atoms with Gasteiger partial charge in [-0.25, -0.2) is 4.39 Å².